The second-order valence-electron chi connectivity index (χ2n) is 6.24. The van der Waals surface area contributed by atoms with Crippen molar-refractivity contribution < 1.29 is 14.3 Å². The van der Waals surface area contributed by atoms with Crippen LogP contribution < -0.4 is 16.3 Å². The number of anilines is 2. The minimum absolute atomic E-state index is 0.0644. The van der Waals surface area contributed by atoms with E-state index in [0.29, 0.717) is 16.7 Å². The van der Waals surface area contributed by atoms with Gasteiger partial charge < -0.3 is 14.8 Å². The fourth-order valence-corrected chi connectivity index (χ4v) is 3.14. The van der Waals surface area contributed by atoms with Gasteiger partial charge in [-0.05, 0) is 48.5 Å². The van der Waals surface area contributed by atoms with E-state index in [1.807, 2.05) is 42.5 Å². The summed E-state index contributed by atoms with van der Waals surface area (Å²) in [5, 5.41) is 17.5. The summed E-state index contributed by atoms with van der Waals surface area (Å²) in [7, 11) is 0. The van der Waals surface area contributed by atoms with E-state index in [9.17, 15) is 9.90 Å². The van der Waals surface area contributed by atoms with E-state index in [-0.39, 0.29) is 22.8 Å². The molecule has 0 aliphatic heterocycles. The van der Waals surface area contributed by atoms with Crippen LogP contribution in [0.2, 0.25) is 0 Å². The lowest BCUT2D eigenvalue weighted by Gasteiger charge is -2.08. The fourth-order valence-electron chi connectivity index (χ4n) is 2.75. The van der Waals surface area contributed by atoms with Gasteiger partial charge in [-0.1, -0.05) is 40.2 Å². The van der Waals surface area contributed by atoms with Crippen molar-refractivity contribution in [1.29, 1.82) is 0 Å². The summed E-state index contributed by atoms with van der Waals surface area (Å²) < 4.78 is 6.67. The van der Waals surface area contributed by atoms with Crippen LogP contribution in [0.15, 0.2) is 92.9 Å². The monoisotopic (exact) mass is 449 g/mol. The van der Waals surface area contributed by atoms with E-state index in [0.717, 1.165) is 10.2 Å². The Morgan fingerprint density at radius 3 is 2.52 bits per heavy atom. The molecule has 0 aliphatic rings. The minimum Gasteiger partial charge on any atom is -0.508 e. The number of carbonyl (C=O) groups excluding carboxylic acids is 1. The van der Waals surface area contributed by atoms with E-state index < -0.39 is 0 Å². The van der Waals surface area contributed by atoms with Gasteiger partial charge in [0.1, 0.15) is 16.9 Å². The number of nitrogens with one attached hydrogen (secondary N) is 2. The van der Waals surface area contributed by atoms with Crippen molar-refractivity contribution in [3.8, 4) is 5.75 Å². The van der Waals surface area contributed by atoms with Crippen LogP contribution in [0.25, 0.3) is 11.0 Å². The summed E-state index contributed by atoms with van der Waals surface area (Å²) in [4.78, 5) is 12.9. The molecular formula is C22H16BrN3O3. The Morgan fingerprint density at radius 1 is 0.931 bits per heavy atom. The number of fused-ring (bicyclic) bond motifs is 1. The van der Waals surface area contributed by atoms with Crippen molar-refractivity contribution >= 4 is 44.2 Å². The highest BCUT2D eigenvalue weighted by Gasteiger charge is 2.14. The predicted octanol–water partition coefficient (Wildman–Crippen LogP) is 5.08. The molecule has 1 amide bonds. The van der Waals surface area contributed by atoms with Gasteiger partial charge in [0.25, 0.3) is 5.91 Å². The third-order valence-electron chi connectivity index (χ3n) is 4.12. The Labute approximate surface area is 174 Å². The zero-order valence-electron chi connectivity index (χ0n) is 15.1. The first-order chi connectivity index (χ1) is 14.1. The molecule has 0 fully saturated rings. The molecule has 4 aromatic rings. The second-order valence-corrected chi connectivity index (χ2v) is 7.16. The summed E-state index contributed by atoms with van der Waals surface area (Å²) in [6.45, 7) is 0. The van der Waals surface area contributed by atoms with Crippen LogP contribution in [0.4, 0.5) is 11.4 Å². The highest BCUT2D eigenvalue weighted by atomic mass is 79.9. The summed E-state index contributed by atoms with van der Waals surface area (Å²) in [6.07, 6.45) is 0. The van der Waals surface area contributed by atoms with E-state index in [1.54, 1.807) is 24.3 Å². The van der Waals surface area contributed by atoms with Crippen LogP contribution in [0.5, 0.6) is 5.75 Å². The van der Waals surface area contributed by atoms with Crippen molar-refractivity contribution in [1.82, 2.24) is 0 Å². The van der Waals surface area contributed by atoms with Gasteiger partial charge in [-0.25, -0.2) is 0 Å². The van der Waals surface area contributed by atoms with Crippen molar-refractivity contribution in [2.75, 3.05) is 10.7 Å². The lowest BCUT2D eigenvalue weighted by atomic mass is 10.1. The van der Waals surface area contributed by atoms with Gasteiger partial charge in [0.2, 0.25) is 5.55 Å². The lowest BCUT2D eigenvalue weighted by Crippen LogP contribution is -2.22. The Bertz CT molecular complexity index is 1250. The van der Waals surface area contributed by atoms with Gasteiger partial charge in [-0.2, -0.15) is 0 Å². The van der Waals surface area contributed by atoms with Crippen LogP contribution in [0.3, 0.4) is 0 Å². The molecule has 1 aromatic heterocycles. The number of rotatable bonds is 4. The smallest absolute Gasteiger partial charge is 0.261 e. The van der Waals surface area contributed by atoms with E-state index in [1.165, 1.54) is 12.1 Å². The van der Waals surface area contributed by atoms with E-state index in [2.05, 4.69) is 31.8 Å². The number of hydrogen-bond donors (Lipinski definition) is 3. The fraction of sp³-hybridized carbons (Fsp3) is 0. The number of nitrogens with zero attached hydrogens (tertiary/aromatic N) is 1. The number of aromatic hydroxyl groups is 1. The third kappa shape index (κ3) is 4.47. The number of halogens is 1. The highest BCUT2D eigenvalue weighted by Crippen LogP contribution is 2.21. The van der Waals surface area contributed by atoms with Gasteiger partial charge in [0.05, 0.1) is 5.69 Å². The van der Waals surface area contributed by atoms with Crippen molar-refractivity contribution in [3.63, 3.8) is 0 Å². The molecule has 0 bridgehead atoms. The molecule has 0 unspecified atom stereocenters. The van der Waals surface area contributed by atoms with Gasteiger partial charge in [-0.15, -0.1) is 5.10 Å². The zero-order chi connectivity index (χ0) is 20.2. The summed E-state index contributed by atoms with van der Waals surface area (Å²) >= 11 is 3.39. The minimum atomic E-state index is -0.365. The van der Waals surface area contributed by atoms with Crippen molar-refractivity contribution in [2.24, 2.45) is 5.10 Å². The first-order valence-electron chi connectivity index (χ1n) is 8.77. The molecule has 7 heteroatoms. The molecule has 0 aliphatic carbocycles. The summed E-state index contributed by atoms with van der Waals surface area (Å²) in [5.74, 6) is -0.301. The number of amides is 1. The largest absolute Gasteiger partial charge is 0.508 e. The normalized spacial score (nSPS) is 11.4. The number of phenolic OH excluding ortho intramolecular Hbond substituents is 1. The molecule has 3 aromatic carbocycles. The van der Waals surface area contributed by atoms with E-state index >= 15 is 0 Å². The lowest BCUT2D eigenvalue weighted by molar-refractivity contribution is 0.102. The number of phenols is 1. The van der Waals surface area contributed by atoms with Gasteiger partial charge in [-0.3, -0.25) is 10.2 Å². The molecule has 0 atom stereocenters. The average molecular weight is 450 g/mol. The SMILES string of the molecule is O=C(Nc1cccc(Br)c1)c1cc2ccc(O)cc2o/c1=N\Nc1ccccc1. The van der Waals surface area contributed by atoms with Gasteiger partial charge in [0, 0.05) is 21.6 Å². The molecule has 1 heterocycles. The maximum absolute atomic E-state index is 12.9. The molecule has 0 saturated heterocycles. The Hall–Kier alpha value is -3.58. The Balaban J connectivity index is 1.77. The van der Waals surface area contributed by atoms with Crippen LogP contribution in [-0.4, -0.2) is 11.0 Å². The van der Waals surface area contributed by atoms with Crippen LogP contribution in [0, 0.1) is 0 Å². The zero-order valence-corrected chi connectivity index (χ0v) is 16.7. The molecule has 29 heavy (non-hydrogen) atoms. The quantitative estimate of drug-likeness (QED) is 0.379. The van der Waals surface area contributed by atoms with Gasteiger partial charge >= 0.3 is 0 Å². The van der Waals surface area contributed by atoms with E-state index in [4.69, 9.17) is 4.42 Å². The number of benzene rings is 3. The maximum atomic E-state index is 12.9. The highest BCUT2D eigenvalue weighted by molar-refractivity contribution is 9.10. The second kappa shape index (κ2) is 8.20. The first-order valence-corrected chi connectivity index (χ1v) is 9.56. The summed E-state index contributed by atoms with van der Waals surface area (Å²) in [5.41, 5.74) is 5.04. The summed E-state index contributed by atoms with van der Waals surface area (Å²) in [6, 6.07) is 23.0. The first kappa shape index (κ1) is 18.8. The topological polar surface area (TPSA) is 86.9 Å². The molecule has 0 saturated carbocycles. The Kier molecular flexibility index (Phi) is 5.31. The number of hydrogen-bond acceptors (Lipinski definition) is 5. The standard InChI is InChI=1S/C22H16BrN3O3/c23-15-5-4-8-17(12-15)24-21(28)19-11-14-9-10-18(27)13-20(14)29-22(19)26-25-16-6-2-1-3-7-16/h1-13,25,27H,(H,24,28)/b26-22-. The van der Waals surface area contributed by atoms with Crippen LogP contribution in [0.1, 0.15) is 10.4 Å². The Morgan fingerprint density at radius 2 is 1.72 bits per heavy atom. The van der Waals surface area contributed by atoms with Crippen molar-refractivity contribution in [3.05, 3.63) is 94.5 Å². The number of para-hydroxylation sites is 1. The number of carbonyl (C=O) groups is 1. The molecule has 4 rings (SSSR count). The predicted molar refractivity (Wildman–Crippen MR) is 116 cm³/mol. The average Bonchev–Trinajstić information content (AvgIpc) is 2.72. The molecule has 0 radical (unpaired) electrons. The molecule has 0 spiro atoms. The van der Waals surface area contributed by atoms with Crippen LogP contribution in [-0.2, 0) is 0 Å². The molecular weight excluding hydrogens is 434 g/mol. The maximum Gasteiger partial charge on any atom is 0.261 e. The third-order valence-corrected chi connectivity index (χ3v) is 4.61. The molecule has 6 nitrogen and oxygen atoms in total. The van der Waals surface area contributed by atoms with Crippen molar-refractivity contribution in [2.45, 2.75) is 0 Å². The molecule has 144 valence electrons. The molecule has 3 N–H and O–H groups in total. The van der Waals surface area contributed by atoms with Crippen LogP contribution >= 0.6 is 15.9 Å². The van der Waals surface area contributed by atoms with Gasteiger partial charge in [0.15, 0.2) is 0 Å².